The maximum Gasteiger partial charge on any atom is 0.169 e. The molecule has 6 unspecified atom stereocenters. The van der Waals surface area contributed by atoms with E-state index in [2.05, 4.69) is 91.5 Å². The van der Waals surface area contributed by atoms with Gasteiger partial charge in [0.25, 0.3) is 0 Å². The van der Waals surface area contributed by atoms with Crippen LogP contribution in [-0.4, -0.2) is 37.8 Å². The lowest BCUT2D eigenvalue weighted by Gasteiger charge is -2.55. The van der Waals surface area contributed by atoms with E-state index >= 15 is 0 Å². The molecule has 268 valence electrons. The Hall–Kier alpha value is -1.88. The molecule has 1 heterocycles. The minimum Gasteiger partial charge on any atom is -0.490 e. The number of rotatable bonds is 9. The molecule has 5 aliphatic rings. The number of hydrogen-bond donors (Lipinski definition) is 0. The van der Waals surface area contributed by atoms with Crippen molar-refractivity contribution in [1.29, 1.82) is 0 Å². The number of hydrogen-bond acceptors (Lipinski definition) is 4. The lowest BCUT2D eigenvalue weighted by Crippen LogP contribution is -2.51. The maximum absolute atomic E-state index is 6.56. The van der Waals surface area contributed by atoms with Crippen LogP contribution in [0.25, 0.3) is 0 Å². The summed E-state index contributed by atoms with van der Waals surface area (Å²) in [6.45, 7) is 26.7. The van der Waals surface area contributed by atoms with Crippen molar-refractivity contribution in [3.8, 4) is 0 Å². The summed E-state index contributed by atoms with van der Waals surface area (Å²) in [6.07, 6.45) is 16.0. The maximum atomic E-state index is 6.56. The third-order valence-corrected chi connectivity index (χ3v) is 12.2. The molecule has 48 heavy (non-hydrogen) atoms. The van der Waals surface area contributed by atoms with Crippen molar-refractivity contribution >= 4 is 0 Å². The molecule has 1 aromatic rings. The van der Waals surface area contributed by atoms with Crippen LogP contribution in [0.3, 0.4) is 0 Å². The number of ether oxygens (including phenoxy) is 4. The first kappa shape index (κ1) is 37.4. The van der Waals surface area contributed by atoms with Crippen LogP contribution in [0.4, 0.5) is 0 Å². The van der Waals surface area contributed by atoms with E-state index in [0.29, 0.717) is 42.3 Å². The highest BCUT2D eigenvalue weighted by Crippen LogP contribution is 2.66. The fraction of sp³-hybridized carbons (Fsp3) is 0.727. The molecule has 4 fully saturated rings. The highest BCUT2D eigenvalue weighted by Gasteiger charge is 2.57. The summed E-state index contributed by atoms with van der Waals surface area (Å²) in [4.78, 5) is 0. The molecular formula is C44H68O4. The Kier molecular flexibility index (Phi) is 11.8. The summed E-state index contributed by atoms with van der Waals surface area (Å²) in [5, 5.41) is 0. The zero-order valence-corrected chi connectivity index (χ0v) is 32.1. The fourth-order valence-electron chi connectivity index (χ4n) is 9.98. The van der Waals surface area contributed by atoms with Gasteiger partial charge in [-0.3, -0.25) is 0 Å². The van der Waals surface area contributed by atoms with Crippen LogP contribution in [0.15, 0.2) is 59.9 Å². The Bertz CT molecular complexity index is 1290. The lowest BCUT2D eigenvalue weighted by molar-refractivity contribution is -0.312. The normalized spacial score (nSPS) is 32.4. The van der Waals surface area contributed by atoms with Gasteiger partial charge in [-0.2, -0.15) is 0 Å². The lowest BCUT2D eigenvalue weighted by atomic mass is 9.51. The van der Waals surface area contributed by atoms with Gasteiger partial charge >= 0.3 is 0 Å². The van der Waals surface area contributed by atoms with Crippen LogP contribution in [0.2, 0.25) is 0 Å². The van der Waals surface area contributed by atoms with Crippen molar-refractivity contribution in [3.63, 3.8) is 0 Å². The molecule has 0 bridgehead atoms. The van der Waals surface area contributed by atoms with E-state index in [-0.39, 0.29) is 16.8 Å². The molecule has 3 saturated carbocycles. The van der Waals surface area contributed by atoms with Gasteiger partial charge in [0.15, 0.2) is 5.79 Å². The van der Waals surface area contributed by atoms with Crippen LogP contribution < -0.4 is 0 Å². The van der Waals surface area contributed by atoms with E-state index in [4.69, 9.17) is 18.9 Å². The molecule has 4 heteroatoms. The van der Waals surface area contributed by atoms with Gasteiger partial charge in [0.05, 0.1) is 19.8 Å². The van der Waals surface area contributed by atoms with E-state index in [1.54, 1.807) is 5.57 Å². The first-order valence-corrected chi connectivity index (χ1v) is 19.5. The van der Waals surface area contributed by atoms with Crippen LogP contribution >= 0.6 is 0 Å². The molecule has 4 nitrogen and oxygen atoms in total. The Morgan fingerprint density at radius 2 is 1.69 bits per heavy atom. The van der Waals surface area contributed by atoms with Crippen LogP contribution in [-0.2, 0) is 25.4 Å². The minimum absolute atomic E-state index is 0.110. The van der Waals surface area contributed by atoms with Crippen molar-refractivity contribution < 1.29 is 18.9 Å². The predicted molar refractivity (Wildman–Crippen MR) is 199 cm³/mol. The molecule has 1 aliphatic heterocycles. The summed E-state index contributed by atoms with van der Waals surface area (Å²) in [7, 11) is 0. The molecule has 0 N–H and O–H groups in total. The van der Waals surface area contributed by atoms with Crippen molar-refractivity contribution in [2.75, 3.05) is 26.4 Å². The third kappa shape index (κ3) is 8.02. The van der Waals surface area contributed by atoms with Crippen molar-refractivity contribution in [3.05, 3.63) is 71.0 Å². The highest BCUT2D eigenvalue weighted by molar-refractivity contribution is 5.41. The number of fused-ring (bicyclic) bond motifs is 4. The van der Waals surface area contributed by atoms with Crippen molar-refractivity contribution in [2.24, 2.45) is 34.5 Å². The smallest absolute Gasteiger partial charge is 0.169 e. The van der Waals surface area contributed by atoms with Crippen molar-refractivity contribution in [2.45, 2.75) is 144 Å². The second-order valence-corrected chi connectivity index (χ2v) is 17.3. The molecule has 6 atom stereocenters. The van der Waals surface area contributed by atoms with Gasteiger partial charge in [0.2, 0.25) is 0 Å². The third-order valence-electron chi connectivity index (χ3n) is 12.2. The number of benzene rings is 1. The Morgan fingerprint density at radius 3 is 2.33 bits per heavy atom. The van der Waals surface area contributed by atoms with Crippen LogP contribution in [0.1, 0.15) is 137 Å². The molecule has 1 aromatic carbocycles. The molecule has 0 amide bonds. The largest absolute Gasteiger partial charge is 0.490 e. The highest BCUT2D eigenvalue weighted by atomic mass is 16.7. The number of allylic oxidation sites excluding steroid dienone is 4. The van der Waals surface area contributed by atoms with Gasteiger partial charge in [-0.1, -0.05) is 83.0 Å². The quantitative estimate of drug-likeness (QED) is 0.150. The topological polar surface area (TPSA) is 36.9 Å². The summed E-state index contributed by atoms with van der Waals surface area (Å²) < 4.78 is 25.3. The second-order valence-electron chi connectivity index (χ2n) is 17.3. The zero-order chi connectivity index (χ0) is 34.7. The summed E-state index contributed by atoms with van der Waals surface area (Å²) in [5.74, 6) is 3.76. The van der Waals surface area contributed by atoms with Gasteiger partial charge < -0.3 is 18.9 Å². The molecule has 6 rings (SSSR count). The summed E-state index contributed by atoms with van der Waals surface area (Å²) in [5.41, 5.74) is 6.68. The molecule has 0 radical (unpaired) electrons. The molecule has 0 aromatic heterocycles. The summed E-state index contributed by atoms with van der Waals surface area (Å²) >= 11 is 0. The van der Waals surface area contributed by atoms with Gasteiger partial charge in [-0.15, -0.1) is 6.58 Å². The molecular weight excluding hydrogens is 592 g/mol. The van der Waals surface area contributed by atoms with Gasteiger partial charge in [-0.05, 0) is 118 Å². The second kappa shape index (κ2) is 15.2. The summed E-state index contributed by atoms with van der Waals surface area (Å²) in [6, 6.07) is 9.62. The van der Waals surface area contributed by atoms with Crippen molar-refractivity contribution in [1.82, 2.24) is 0 Å². The van der Waals surface area contributed by atoms with Gasteiger partial charge in [0.1, 0.15) is 18.0 Å². The van der Waals surface area contributed by atoms with E-state index in [0.717, 1.165) is 57.0 Å². The predicted octanol–water partition coefficient (Wildman–Crippen LogP) is 11.4. The monoisotopic (exact) mass is 661 g/mol. The SMILES string of the molecule is C=CC1CCC2C3CCC4CC5(CCC4=C3C(c3ccc(CCOC/C(=C/CC)OC(C)(C)C)cc3)CC12C)OCC(C)(C)CO5.CC. The first-order valence-electron chi connectivity index (χ1n) is 19.5. The minimum atomic E-state index is -0.368. The van der Waals surface area contributed by atoms with E-state index in [1.165, 1.54) is 43.2 Å². The van der Waals surface area contributed by atoms with Gasteiger partial charge in [0, 0.05) is 24.2 Å². The molecule has 1 saturated heterocycles. The van der Waals surface area contributed by atoms with E-state index in [1.807, 2.05) is 19.4 Å². The standard InChI is InChI=1S/C42H62O4.C2H6/c1-9-11-33(46-39(3,4)5)26-43-23-21-29-12-14-30(15-13-29)36-25-41(8)32(10-2)17-19-37(41)35-18-16-31-24-42(22-20-34(31)38(35)36)44-27-40(6,7)28-45-42;1-2/h10-15,31-32,35-37H,2,9,16-28H2,1,3-8H3;1-2H3/b33-11-;. The average Bonchev–Trinajstić information content (AvgIpc) is 3.40. The van der Waals surface area contributed by atoms with E-state index < -0.39 is 0 Å². The Labute approximate surface area is 294 Å². The fourth-order valence-corrected chi connectivity index (χ4v) is 9.98. The molecule has 1 spiro atoms. The van der Waals surface area contributed by atoms with Crippen LogP contribution in [0, 0.1) is 34.5 Å². The zero-order valence-electron chi connectivity index (χ0n) is 32.1. The average molecular weight is 661 g/mol. The van der Waals surface area contributed by atoms with E-state index in [9.17, 15) is 0 Å². The Balaban J connectivity index is 0.00000221. The first-order chi connectivity index (χ1) is 22.9. The van der Waals surface area contributed by atoms with Gasteiger partial charge in [-0.25, -0.2) is 0 Å². The van der Waals surface area contributed by atoms with Crippen LogP contribution in [0.5, 0.6) is 0 Å². The molecule has 4 aliphatic carbocycles. The Morgan fingerprint density at radius 1 is 0.979 bits per heavy atom.